The average Bonchev–Trinajstić information content (AvgIpc) is 3.41. The summed E-state index contributed by atoms with van der Waals surface area (Å²) in [6, 6.07) is 21.3. The van der Waals surface area contributed by atoms with Crippen molar-refractivity contribution < 1.29 is 24.1 Å². The van der Waals surface area contributed by atoms with Crippen LogP contribution in [-0.4, -0.2) is 29.4 Å². The number of nitrogens with zero attached hydrogens (tertiary/aromatic N) is 3. The lowest BCUT2D eigenvalue weighted by molar-refractivity contribution is -0.384. The Balaban J connectivity index is 1.49. The standard InChI is InChI=1S/C27H25N3O6/c1-2-3-16-35-22-14-12-19(13-15-22)28-26(31)23-24(18-8-7-11-21(17-18)30(33)34)29(36-25(23)27(28)32)20-9-5-4-6-10-20/h4-15,17,23-25H,2-3,16H2,1H3/t23-,24-,25-/m1/s1. The summed E-state index contributed by atoms with van der Waals surface area (Å²) in [6.07, 6.45) is 0.897. The fraction of sp³-hybridized carbons (Fsp3) is 0.259. The first kappa shape index (κ1) is 23.5. The molecule has 36 heavy (non-hydrogen) atoms. The lowest BCUT2D eigenvalue weighted by Gasteiger charge is -2.28. The number of unbranched alkanes of at least 4 members (excludes halogenated alkanes) is 1. The topological polar surface area (TPSA) is 102 Å². The minimum atomic E-state index is -1.05. The third-order valence-electron chi connectivity index (χ3n) is 6.41. The maximum atomic E-state index is 13.7. The van der Waals surface area contributed by atoms with Crippen molar-refractivity contribution in [3.8, 4) is 5.75 Å². The first-order valence-corrected chi connectivity index (χ1v) is 11.9. The molecule has 2 fully saturated rings. The molecule has 3 atom stereocenters. The van der Waals surface area contributed by atoms with Gasteiger partial charge in [-0.2, -0.15) is 0 Å². The zero-order valence-electron chi connectivity index (χ0n) is 19.7. The van der Waals surface area contributed by atoms with Gasteiger partial charge in [0.05, 0.1) is 28.9 Å². The van der Waals surface area contributed by atoms with Crippen molar-refractivity contribution in [2.24, 2.45) is 5.92 Å². The van der Waals surface area contributed by atoms with Crippen LogP contribution < -0.4 is 14.7 Å². The molecule has 9 heteroatoms. The van der Waals surface area contributed by atoms with Gasteiger partial charge in [-0.05, 0) is 48.4 Å². The minimum Gasteiger partial charge on any atom is -0.494 e. The van der Waals surface area contributed by atoms with E-state index in [2.05, 4.69) is 6.92 Å². The van der Waals surface area contributed by atoms with Crippen molar-refractivity contribution in [1.82, 2.24) is 0 Å². The number of imide groups is 1. The van der Waals surface area contributed by atoms with Gasteiger partial charge in [-0.3, -0.25) is 24.5 Å². The lowest BCUT2D eigenvalue weighted by Crippen LogP contribution is -2.37. The van der Waals surface area contributed by atoms with Gasteiger partial charge in [-0.1, -0.05) is 43.7 Å². The number of carbonyl (C=O) groups is 2. The van der Waals surface area contributed by atoms with E-state index in [1.807, 2.05) is 18.2 Å². The first-order valence-electron chi connectivity index (χ1n) is 11.9. The number of non-ortho nitro benzene ring substituents is 1. The Morgan fingerprint density at radius 3 is 2.39 bits per heavy atom. The number of rotatable bonds is 8. The summed E-state index contributed by atoms with van der Waals surface area (Å²) in [5, 5.41) is 13.0. The molecule has 2 aliphatic rings. The quantitative estimate of drug-likeness (QED) is 0.194. The number of hydrogen-bond donors (Lipinski definition) is 0. The van der Waals surface area contributed by atoms with Crippen molar-refractivity contribution in [1.29, 1.82) is 0 Å². The summed E-state index contributed by atoms with van der Waals surface area (Å²) in [6.45, 7) is 2.67. The normalized spacial score (nSPS) is 21.1. The van der Waals surface area contributed by atoms with E-state index in [0.29, 0.717) is 29.3 Å². The van der Waals surface area contributed by atoms with Crippen LogP contribution in [0.4, 0.5) is 17.1 Å². The van der Waals surface area contributed by atoms with Crippen molar-refractivity contribution in [2.75, 3.05) is 16.6 Å². The number of carbonyl (C=O) groups excluding carboxylic acids is 2. The fourth-order valence-corrected chi connectivity index (χ4v) is 4.65. The van der Waals surface area contributed by atoms with E-state index in [-0.39, 0.29) is 5.69 Å². The van der Waals surface area contributed by atoms with Crippen molar-refractivity contribution in [2.45, 2.75) is 31.9 Å². The number of nitro groups is 1. The Kier molecular flexibility index (Phi) is 6.39. The van der Waals surface area contributed by atoms with Gasteiger partial charge in [0.25, 0.3) is 11.6 Å². The molecule has 3 aromatic rings. The van der Waals surface area contributed by atoms with Crippen molar-refractivity contribution in [3.05, 3.63) is 94.5 Å². The van der Waals surface area contributed by atoms with Gasteiger partial charge < -0.3 is 4.74 Å². The summed E-state index contributed by atoms with van der Waals surface area (Å²) in [7, 11) is 0. The molecule has 2 aliphatic heterocycles. The number of hydroxylamine groups is 1. The number of amides is 2. The van der Waals surface area contributed by atoms with E-state index in [4.69, 9.17) is 9.57 Å². The Hall–Kier alpha value is -4.24. The van der Waals surface area contributed by atoms with Crippen molar-refractivity contribution in [3.63, 3.8) is 0 Å². The van der Waals surface area contributed by atoms with Crippen LogP contribution in [0.3, 0.4) is 0 Å². The number of fused-ring (bicyclic) bond motifs is 1. The van der Waals surface area contributed by atoms with Gasteiger partial charge in [0.1, 0.15) is 11.7 Å². The zero-order chi connectivity index (χ0) is 25.2. The second kappa shape index (κ2) is 9.79. The highest BCUT2D eigenvalue weighted by atomic mass is 16.7. The molecule has 0 aromatic heterocycles. The molecule has 2 heterocycles. The van der Waals surface area contributed by atoms with Gasteiger partial charge in [0.15, 0.2) is 6.10 Å². The van der Waals surface area contributed by atoms with Gasteiger partial charge in [-0.15, -0.1) is 0 Å². The molecular weight excluding hydrogens is 462 g/mol. The summed E-state index contributed by atoms with van der Waals surface area (Å²) >= 11 is 0. The number of ether oxygens (including phenoxy) is 1. The van der Waals surface area contributed by atoms with Gasteiger partial charge in [0, 0.05) is 12.1 Å². The lowest BCUT2D eigenvalue weighted by atomic mass is 9.90. The third-order valence-corrected chi connectivity index (χ3v) is 6.41. The highest BCUT2D eigenvalue weighted by molar-refractivity contribution is 6.23. The average molecular weight is 488 g/mol. The molecule has 2 saturated heterocycles. The van der Waals surface area contributed by atoms with Gasteiger partial charge >= 0.3 is 0 Å². The number of nitro benzene ring substituents is 1. The largest absolute Gasteiger partial charge is 0.494 e. The van der Waals surface area contributed by atoms with Crippen molar-refractivity contribution >= 4 is 28.9 Å². The fourth-order valence-electron chi connectivity index (χ4n) is 4.65. The van der Waals surface area contributed by atoms with Crippen LogP contribution in [0.1, 0.15) is 31.4 Å². The van der Waals surface area contributed by atoms with Crippen LogP contribution in [0, 0.1) is 16.0 Å². The summed E-state index contributed by atoms with van der Waals surface area (Å²) in [4.78, 5) is 45.3. The highest BCUT2D eigenvalue weighted by Gasteiger charge is 2.60. The van der Waals surface area contributed by atoms with E-state index >= 15 is 0 Å². The minimum absolute atomic E-state index is 0.101. The summed E-state index contributed by atoms with van der Waals surface area (Å²) in [5.74, 6) is -1.11. The van der Waals surface area contributed by atoms with E-state index in [0.717, 1.165) is 17.7 Å². The maximum absolute atomic E-state index is 13.7. The Labute approximate surface area is 207 Å². The third kappa shape index (κ3) is 4.18. The first-order chi connectivity index (χ1) is 17.5. The van der Waals surface area contributed by atoms with Crippen LogP contribution in [0.15, 0.2) is 78.9 Å². The summed E-state index contributed by atoms with van der Waals surface area (Å²) in [5.41, 5.74) is 1.48. The monoisotopic (exact) mass is 487 g/mol. The molecule has 0 saturated carbocycles. The molecule has 184 valence electrons. The molecule has 0 radical (unpaired) electrons. The van der Waals surface area contributed by atoms with E-state index in [1.165, 1.54) is 17.2 Å². The summed E-state index contributed by atoms with van der Waals surface area (Å²) < 4.78 is 5.69. The number of para-hydroxylation sites is 1. The van der Waals surface area contributed by atoms with Gasteiger partial charge in [-0.25, -0.2) is 9.96 Å². The van der Waals surface area contributed by atoms with Crippen LogP contribution in [-0.2, 0) is 14.4 Å². The zero-order valence-corrected chi connectivity index (χ0v) is 19.7. The van der Waals surface area contributed by atoms with Crippen LogP contribution in [0.25, 0.3) is 0 Å². The van der Waals surface area contributed by atoms with Gasteiger partial charge in [0.2, 0.25) is 5.91 Å². The Morgan fingerprint density at radius 2 is 1.69 bits per heavy atom. The second-order valence-electron chi connectivity index (χ2n) is 8.72. The predicted octanol–water partition coefficient (Wildman–Crippen LogP) is 4.82. The number of anilines is 2. The molecule has 0 aliphatic carbocycles. The van der Waals surface area contributed by atoms with Crippen LogP contribution in [0.2, 0.25) is 0 Å². The molecule has 0 N–H and O–H groups in total. The molecule has 9 nitrogen and oxygen atoms in total. The SMILES string of the molecule is CCCCOc1ccc(N2C(=O)[C@@H]3[C@@H](c4cccc([N+](=O)[O-])c4)N(c4ccccc4)O[C@H]3C2=O)cc1. The van der Waals surface area contributed by atoms with E-state index < -0.39 is 34.8 Å². The highest BCUT2D eigenvalue weighted by Crippen LogP contribution is 2.48. The smallest absolute Gasteiger partial charge is 0.269 e. The molecule has 0 unspecified atom stereocenters. The van der Waals surface area contributed by atoms with Crippen LogP contribution >= 0.6 is 0 Å². The molecule has 0 bridgehead atoms. The molecular formula is C27H25N3O6. The molecule has 0 spiro atoms. The molecule has 5 rings (SSSR count). The number of hydrogen-bond acceptors (Lipinski definition) is 7. The van der Waals surface area contributed by atoms with E-state index in [9.17, 15) is 19.7 Å². The molecule has 3 aromatic carbocycles. The number of benzene rings is 3. The van der Waals surface area contributed by atoms with E-state index in [1.54, 1.807) is 48.5 Å². The maximum Gasteiger partial charge on any atom is 0.269 e. The Bertz CT molecular complexity index is 1280. The molecule has 2 amide bonds. The predicted molar refractivity (Wildman–Crippen MR) is 132 cm³/mol. The van der Waals surface area contributed by atoms with Crippen LogP contribution in [0.5, 0.6) is 5.75 Å². The Morgan fingerprint density at radius 1 is 0.944 bits per heavy atom. The second-order valence-corrected chi connectivity index (χ2v) is 8.72.